The number of benzene rings is 1. The maximum absolute atomic E-state index is 12.1. The van der Waals surface area contributed by atoms with Crippen LogP contribution in [0.3, 0.4) is 0 Å². The van der Waals surface area contributed by atoms with Crippen LogP contribution in [0.1, 0.15) is 35.7 Å². The van der Waals surface area contributed by atoms with Crippen molar-refractivity contribution in [2.45, 2.75) is 32.7 Å². The van der Waals surface area contributed by atoms with E-state index in [0.29, 0.717) is 12.0 Å². The van der Waals surface area contributed by atoms with Gasteiger partial charge in [0.25, 0.3) is 5.91 Å². The Hall–Kier alpha value is -1.11. The molecule has 1 aromatic carbocycles. The van der Waals surface area contributed by atoms with Gasteiger partial charge in [-0.05, 0) is 54.5 Å². The number of halogens is 1. The maximum Gasteiger partial charge on any atom is 0.303 e. The summed E-state index contributed by atoms with van der Waals surface area (Å²) in [4.78, 5) is 22.5. The van der Waals surface area contributed by atoms with Crippen molar-refractivity contribution in [1.29, 1.82) is 0 Å². The molecule has 0 bridgehead atoms. The molecule has 1 amide bonds. The third kappa shape index (κ3) is 4.29. The van der Waals surface area contributed by atoms with Gasteiger partial charge in [-0.3, -0.25) is 9.59 Å². The Morgan fingerprint density at radius 1 is 1.44 bits per heavy atom. The van der Waals surface area contributed by atoms with Gasteiger partial charge in [0.05, 0.1) is 5.56 Å². The molecule has 2 N–H and O–H groups in total. The minimum absolute atomic E-state index is 0.0618. The van der Waals surface area contributed by atoms with E-state index in [1.807, 2.05) is 32.0 Å². The first-order valence-corrected chi connectivity index (χ1v) is 6.77. The highest BCUT2D eigenvalue weighted by Gasteiger charge is 2.15. The predicted molar refractivity (Wildman–Crippen MR) is 77.7 cm³/mol. The van der Waals surface area contributed by atoms with E-state index in [0.717, 1.165) is 9.13 Å². The zero-order valence-electron chi connectivity index (χ0n) is 10.4. The number of carbonyl (C=O) groups excluding carboxylic acids is 1. The van der Waals surface area contributed by atoms with Gasteiger partial charge in [0.1, 0.15) is 0 Å². The lowest BCUT2D eigenvalue weighted by Gasteiger charge is -2.14. The molecule has 0 spiro atoms. The number of aryl methyl sites for hydroxylation is 1. The smallest absolute Gasteiger partial charge is 0.303 e. The predicted octanol–water partition coefficient (Wildman–Crippen LogP) is 2.58. The third-order valence-electron chi connectivity index (χ3n) is 2.62. The van der Waals surface area contributed by atoms with Gasteiger partial charge in [0.15, 0.2) is 0 Å². The highest BCUT2D eigenvalue weighted by atomic mass is 127. The van der Waals surface area contributed by atoms with Crippen LogP contribution in [-0.4, -0.2) is 23.0 Å². The minimum atomic E-state index is -0.846. The average molecular weight is 361 g/mol. The first kappa shape index (κ1) is 14.9. The summed E-state index contributed by atoms with van der Waals surface area (Å²) < 4.78 is 0.899. The van der Waals surface area contributed by atoms with Crippen molar-refractivity contribution < 1.29 is 14.7 Å². The molecule has 1 atom stereocenters. The van der Waals surface area contributed by atoms with Crippen LogP contribution in [-0.2, 0) is 4.79 Å². The van der Waals surface area contributed by atoms with Crippen LogP contribution in [0.15, 0.2) is 18.2 Å². The van der Waals surface area contributed by atoms with Gasteiger partial charge in [-0.1, -0.05) is 12.1 Å². The topological polar surface area (TPSA) is 66.4 Å². The summed E-state index contributed by atoms with van der Waals surface area (Å²) in [5.74, 6) is -0.989. The second kappa shape index (κ2) is 6.72. The van der Waals surface area contributed by atoms with Crippen LogP contribution in [0.5, 0.6) is 0 Å². The monoisotopic (exact) mass is 361 g/mol. The van der Waals surface area contributed by atoms with Crippen LogP contribution >= 0.6 is 22.6 Å². The largest absolute Gasteiger partial charge is 0.481 e. The molecule has 98 valence electrons. The number of carbonyl (C=O) groups is 2. The van der Waals surface area contributed by atoms with Crippen molar-refractivity contribution >= 4 is 34.5 Å². The Morgan fingerprint density at radius 3 is 2.67 bits per heavy atom. The lowest BCUT2D eigenvalue weighted by atomic mass is 10.1. The highest BCUT2D eigenvalue weighted by Crippen LogP contribution is 2.16. The molecule has 4 nitrogen and oxygen atoms in total. The van der Waals surface area contributed by atoms with Gasteiger partial charge < -0.3 is 10.4 Å². The van der Waals surface area contributed by atoms with Crippen LogP contribution in [0.4, 0.5) is 0 Å². The maximum atomic E-state index is 12.1. The number of carboxylic acid groups (broad SMARTS) is 1. The minimum Gasteiger partial charge on any atom is -0.481 e. The highest BCUT2D eigenvalue weighted by molar-refractivity contribution is 14.1. The Bertz CT molecular complexity index is 439. The van der Waals surface area contributed by atoms with Crippen molar-refractivity contribution in [2.75, 3.05) is 0 Å². The van der Waals surface area contributed by atoms with Crippen molar-refractivity contribution in [3.05, 3.63) is 32.9 Å². The normalized spacial score (nSPS) is 11.9. The molecule has 0 fully saturated rings. The quantitative estimate of drug-likeness (QED) is 0.793. The van der Waals surface area contributed by atoms with E-state index in [1.54, 1.807) is 0 Å². The Labute approximate surface area is 120 Å². The number of rotatable bonds is 5. The second-order valence-electron chi connectivity index (χ2n) is 4.24. The van der Waals surface area contributed by atoms with Crippen LogP contribution in [0, 0.1) is 10.5 Å². The number of amides is 1. The number of hydrogen-bond acceptors (Lipinski definition) is 2. The summed E-state index contributed by atoms with van der Waals surface area (Å²) >= 11 is 2.13. The van der Waals surface area contributed by atoms with Gasteiger partial charge in [-0.15, -0.1) is 0 Å². The van der Waals surface area contributed by atoms with Gasteiger partial charge in [0, 0.05) is 16.0 Å². The molecular weight excluding hydrogens is 345 g/mol. The van der Waals surface area contributed by atoms with Crippen LogP contribution < -0.4 is 5.32 Å². The molecule has 18 heavy (non-hydrogen) atoms. The lowest BCUT2D eigenvalue weighted by molar-refractivity contribution is -0.137. The molecule has 0 saturated carbocycles. The first-order chi connectivity index (χ1) is 8.41. The summed E-state index contributed by atoms with van der Waals surface area (Å²) in [7, 11) is 0. The van der Waals surface area contributed by atoms with Gasteiger partial charge in [-0.25, -0.2) is 0 Å². The summed E-state index contributed by atoms with van der Waals surface area (Å²) in [6.07, 6.45) is 0.496. The molecule has 0 aliphatic carbocycles. The van der Waals surface area contributed by atoms with Gasteiger partial charge in [0.2, 0.25) is 0 Å². The number of carboxylic acids is 1. The average Bonchev–Trinajstić information content (AvgIpc) is 2.26. The van der Waals surface area contributed by atoms with Crippen molar-refractivity contribution in [2.24, 2.45) is 0 Å². The number of nitrogens with one attached hydrogen (secondary N) is 1. The molecular formula is C13H16INO3. The third-order valence-corrected chi connectivity index (χ3v) is 3.52. The van der Waals surface area contributed by atoms with E-state index in [-0.39, 0.29) is 18.4 Å². The second-order valence-corrected chi connectivity index (χ2v) is 5.40. The zero-order chi connectivity index (χ0) is 13.7. The van der Waals surface area contributed by atoms with E-state index in [2.05, 4.69) is 27.9 Å². The molecule has 5 heteroatoms. The SMILES string of the molecule is Cc1cccc(I)c1C(=O)NC(C)CCC(=O)O. The molecule has 0 heterocycles. The van der Waals surface area contributed by atoms with Crippen molar-refractivity contribution in [3.63, 3.8) is 0 Å². The fourth-order valence-electron chi connectivity index (χ4n) is 1.63. The first-order valence-electron chi connectivity index (χ1n) is 5.69. The molecule has 0 radical (unpaired) electrons. The molecule has 0 aliphatic rings. The van der Waals surface area contributed by atoms with E-state index in [1.165, 1.54) is 0 Å². The van der Waals surface area contributed by atoms with Crippen molar-refractivity contribution in [1.82, 2.24) is 5.32 Å². The molecule has 0 aliphatic heterocycles. The molecule has 1 rings (SSSR count). The van der Waals surface area contributed by atoms with Crippen LogP contribution in [0.25, 0.3) is 0 Å². The summed E-state index contributed by atoms with van der Waals surface area (Å²) in [5.41, 5.74) is 1.59. The molecule has 1 aromatic rings. The lowest BCUT2D eigenvalue weighted by Crippen LogP contribution is -2.33. The van der Waals surface area contributed by atoms with Crippen molar-refractivity contribution in [3.8, 4) is 0 Å². The molecule has 1 unspecified atom stereocenters. The number of hydrogen-bond donors (Lipinski definition) is 2. The Kier molecular flexibility index (Phi) is 5.58. The van der Waals surface area contributed by atoms with Gasteiger partial charge >= 0.3 is 5.97 Å². The Balaban J connectivity index is 2.68. The fraction of sp³-hybridized carbons (Fsp3) is 0.385. The summed E-state index contributed by atoms with van der Waals surface area (Å²) in [5, 5.41) is 11.4. The van der Waals surface area contributed by atoms with E-state index < -0.39 is 5.97 Å². The van der Waals surface area contributed by atoms with Crippen LogP contribution in [0.2, 0.25) is 0 Å². The molecule has 0 aromatic heterocycles. The standard InChI is InChI=1S/C13H16INO3/c1-8-4-3-5-10(14)12(8)13(18)15-9(2)6-7-11(16)17/h3-5,9H,6-7H2,1-2H3,(H,15,18)(H,16,17). The van der Waals surface area contributed by atoms with Gasteiger partial charge in [-0.2, -0.15) is 0 Å². The zero-order valence-corrected chi connectivity index (χ0v) is 12.5. The summed E-state index contributed by atoms with van der Waals surface area (Å²) in [6, 6.07) is 5.52. The van der Waals surface area contributed by atoms with E-state index >= 15 is 0 Å². The van der Waals surface area contributed by atoms with E-state index in [4.69, 9.17) is 5.11 Å². The Morgan fingerprint density at radius 2 is 2.11 bits per heavy atom. The van der Waals surface area contributed by atoms with E-state index in [9.17, 15) is 9.59 Å². The fourth-order valence-corrected chi connectivity index (χ4v) is 2.51. The molecule has 0 saturated heterocycles. The number of aliphatic carboxylic acids is 1. The summed E-state index contributed by atoms with van der Waals surface area (Å²) in [6.45, 7) is 3.70.